The Hall–Kier alpha value is -3.22. The quantitative estimate of drug-likeness (QED) is 0.569. The minimum absolute atomic E-state index is 0.118. The van der Waals surface area contributed by atoms with Crippen LogP contribution in [-0.2, 0) is 4.74 Å². The zero-order valence-corrected chi connectivity index (χ0v) is 14.2. The number of aromatic nitrogens is 2. The van der Waals surface area contributed by atoms with Gasteiger partial charge in [-0.05, 0) is 56.2 Å². The molecule has 0 bridgehead atoms. The van der Waals surface area contributed by atoms with E-state index in [2.05, 4.69) is 15.2 Å². The molecule has 0 amide bonds. The normalized spacial score (nSPS) is 11.3. The number of aryl methyl sites for hydroxylation is 2. The summed E-state index contributed by atoms with van der Waals surface area (Å²) >= 11 is 0. The second-order valence-electron chi connectivity index (χ2n) is 5.61. The molecule has 0 aliphatic carbocycles. The molecule has 1 N–H and O–H groups in total. The smallest absolute Gasteiger partial charge is 0.360 e. The Morgan fingerprint density at radius 2 is 2.04 bits per heavy atom. The van der Waals surface area contributed by atoms with Gasteiger partial charge in [0.1, 0.15) is 11.4 Å². The van der Waals surface area contributed by atoms with Crippen molar-refractivity contribution in [3.05, 3.63) is 53.3 Å². The lowest BCUT2D eigenvalue weighted by Gasteiger charge is -2.02. The Kier molecular flexibility index (Phi) is 4.47. The average Bonchev–Trinajstić information content (AvgIpc) is 2.92. The molecule has 0 aliphatic rings. The summed E-state index contributed by atoms with van der Waals surface area (Å²) in [7, 11) is 0. The van der Waals surface area contributed by atoms with E-state index in [1.165, 1.54) is 6.07 Å². The second kappa shape index (κ2) is 6.72. The van der Waals surface area contributed by atoms with E-state index in [-0.39, 0.29) is 18.1 Å². The van der Waals surface area contributed by atoms with Crippen molar-refractivity contribution in [1.82, 2.24) is 9.38 Å². The summed E-state index contributed by atoms with van der Waals surface area (Å²) in [5.74, 6) is -0.0704. The van der Waals surface area contributed by atoms with Gasteiger partial charge in [0.05, 0.1) is 12.3 Å². The van der Waals surface area contributed by atoms with Gasteiger partial charge in [-0.3, -0.25) is 4.40 Å². The van der Waals surface area contributed by atoms with E-state index >= 15 is 0 Å². The van der Waals surface area contributed by atoms with Crippen LogP contribution < -0.4 is 0 Å². The summed E-state index contributed by atoms with van der Waals surface area (Å²) in [6.07, 6.45) is 1.84. The number of phenolic OH excluding ortho intramolecular Hbond substituents is 1. The first-order valence-corrected chi connectivity index (χ1v) is 7.86. The van der Waals surface area contributed by atoms with E-state index in [0.29, 0.717) is 17.2 Å². The molecule has 1 aromatic carbocycles. The van der Waals surface area contributed by atoms with Gasteiger partial charge in [0.25, 0.3) is 0 Å². The largest absolute Gasteiger partial charge is 0.508 e. The summed E-state index contributed by atoms with van der Waals surface area (Å²) in [6.45, 7) is 5.74. The Bertz CT molecular complexity index is 976. The highest BCUT2D eigenvalue weighted by molar-refractivity contribution is 5.93. The van der Waals surface area contributed by atoms with Crippen LogP contribution in [0.3, 0.4) is 0 Å². The summed E-state index contributed by atoms with van der Waals surface area (Å²) < 4.78 is 6.78. The van der Waals surface area contributed by atoms with E-state index in [1.807, 2.05) is 32.2 Å². The number of esters is 1. The van der Waals surface area contributed by atoms with Gasteiger partial charge in [-0.15, -0.1) is 10.2 Å². The number of imidazole rings is 1. The molecule has 0 aliphatic heterocycles. The minimum Gasteiger partial charge on any atom is -0.508 e. The van der Waals surface area contributed by atoms with E-state index in [0.717, 1.165) is 11.1 Å². The van der Waals surface area contributed by atoms with Crippen molar-refractivity contribution in [2.24, 2.45) is 10.2 Å². The lowest BCUT2D eigenvalue weighted by atomic mass is 10.2. The third-order valence-corrected chi connectivity index (χ3v) is 3.64. The van der Waals surface area contributed by atoms with E-state index < -0.39 is 5.97 Å². The maximum Gasteiger partial charge on any atom is 0.360 e. The number of pyridine rings is 1. The summed E-state index contributed by atoms with van der Waals surface area (Å²) in [4.78, 5) is 16.5. The van der Waals surface area contributed by atoms with Crippen LogP contribution in [0, 0.1) is 13.8 Å². The molecule has 0 fully saturated rings. The van der Waals surface area contributed by atoms with Crippen LogP contribution in [0.15, 0.2) is 46.8 Å². The molecule has 7 heteroatoms. The molecule has 2 aromatic heterocycles. The van der Waals surface area contributed by atoms with Gasteiger partial charge in [0.2, 0.25) is 0 Å². The van der Waals surface area contributed by atoms with Crippen LogP contribution in [0.2, 0.25) is 0 Å². The number of rotatable bonds is 4. The van der Waals surface area contributed by atoms with Gasteiger partial charge < -0.3 is 9.84 Å². The molecule has 0 radical (unpaired) electrons. The second-order valence-corrected chi connectivity index (χ2v) is 5.61. The molecule has 0 spiro atoms. The zero-order valence-electron chi connectivity index (χ0n) is 14.2. The van der Waals surface area contributed by atoms with Crippen molar-refractivity contribution in [3.63, 3.8) is 0 Å². The van der Waals surface area contributed by atoms with Crippen molar-refractivity contribution < 1.29 is 14.6 Å². The van der Waals surface area contributed by atoms with Crippen LogP contribution in [0.1, 0.15) is 28.5 Å². The Morgan fingerprint density at radius 3 is 2.76 bits per heavy atom. The molecule has 0 unspecified atom stereocenters. The highest BCUT2D eigenvalue weighted by Gasteiger charge is 2.20. The molecular weight excluding hydrogens is 320 g/mol. The zero-order chi connectivity index (χ0) is 18.0. The molecule has 3 rings (SSSR count). The van der Waals surface area contributed by atoms with Crippen molar-refractivity contribution in [3.8, 4) is 5.75 Å². The first-order valence-electron chi connectivity index (χ1n) is 7.86. The van der Waals surface area contributed by atoms with Crippen LogP contribution in [-0.4, -0.2) is 27.1 Å². The van der Waals surface area contributed by atoms with Gasteiger partial charge >= 0.3 is 5.97 Å². The monoisotopic (exact) mass is 338 g/mol. The average molecular weight is 338 g/mol. The number of hydrogen-bond donors (Lipinski definition) is 1. The van der Waals surface area contributed by atoms with Gasteiger partial charge in [0.15, 0.2) is 11.5 Å². The Labute approximate surface area is 144 Å². The fourth-order valence-corrected chi connectivity index (χ4v) is 2.42. The number of benzene rings is 1. The third kappa shape index (κ3) is 3.35. The summed E-state index contributed by atoms with van der Waals surface area (Å²) in [5.41, 5.74) is 3.07. The first-order chi connectivity index (χ1) is 12.0. The van der Waals surface area contributed by atoms with Crippen molar-refractivity contribution in [2.75, 3.05) is 6.61 Å². The Morgan fingerprint density at radius 1 is 1.24 bits per heavy atom. The summed E-state index contributed by atoms with van der Waals surface area (Å²) in [5, 5.41) is 18.0. The van der Waals surface area contributed by atoms with Gasteiger partial charge in [-0.25, -0.2) is 9.78 Å². The fourth-order valence-electron chi connectivity index (χ4n) is 2.42. The number of nitrogens with zero attached hydrogens (tertiary/aromatic N) is 4. The van der Waals surface area contributed by atoms with Crippen LogP contribution in [0.5, 0.6) is 5.75 Å². The van der Waals surface area contributed by atoms with E-state index in [1.54, 1.807) is 23.5 Å². The highest BCUT2D eigenvalue weighted by atomic mass is 16.5. The fraction of sp³-hybridized carbons (Fsp3) is 0.222. The van der Waals surface area contributed by atoms with Crippen molar-refractivity contribution in [2.45, 2.75) is 20.8 Å². The topological polar surface area (TPSA) is 88.5 Å². The number of carbonyl (C=O) groups is 1. The molecule has 0 saturated heterocycles. The number of ether oxygens (including phenoxy) is 1. The molecule has 25 heavy (non-hydrogen) atoms. The van der Waals surface area contributed by atoms with Crippen LogP contribution >= 0.6 is 0 Å². The molecule has 3 aromatic rings. The molecule has 0 atom stereocenters. The summed E-state index contributed by atoms with van der Waals surface area (Å²) in [6, 6.07) is 8.50. The highest BCUT2D eigenvalue weighted by Crippen LogP contribution is 2.28. The first kappa shape index (κ1) is 16.6. The van der Waals surface area contributed by atoms with Gasteiger partial charge in [-0.1, -0.05) is 6.07 Å². The maximum absolute atomic E-state index is 12.2. The van der Waals surface area contributed by atoms with Crippen molar-refractivity contribution in [1.29, 1.82) is 0 Å². The predicted molar refractivity (Wildman–Crippen MR) is 92.9 cm³/mol. The van der Waals surface area contributed by atoms with Crippen LogP contribution in [0.4, 0.5) is 11.5 Å². The molecule has 7 nitrogen and oxygen atoms in total. The third-order valence-electron chi connectivity index (χ3n) is 3.64. The molecule has 0 saturated carbocycles. The number of aromatic hydroxyl groups is 1. The van der Waals surface area contributed by atoms with E-state index in [4.69, 9.17) is 4.74 Å². The van der Waals surface area contributed by atoms with Gasteiger partial charge in [-0.2, -0.15) is 0 Å². The number of azo groups is 1. The number of fused-ring (bicyclic) bond motifs is 1. The van der Waals surface area contributed by atoms with E-state index in [9.17, 15) is 9.90 Å². The van der Waals surface area contributed by atoms with Gasteiger partial charge in [0, 0.05) is 6.20 Å². The molecule has 128 valence electrons. The lowest BCUT2D eigenvalue weighted by molar-refractivity contribution is 0.0521. The standard InChI is InChI=1S/C18H18N4O3/c1-4-25-18(24)16-17(22-10-11(2)5-8-15(22)19-16)21-20-14-7-6-13(23)9-12(14)3/h5-10,23H,4H2,1-3H3. The lowest BCUT2D eigenvalue weighted by Crippen LogP contribution is -2.05. The Balaban J connectivity index is 2.12. The number of phenols is 1. The molecular formula is C18H18N4O3. The molecule has 2 heterocycles. The van der Waals surface area contributed by atoms with Crippen LogP contribution in [0.25, 0.3) is 5.65 Å². The predicted octanol–water partition coefficient (Wildman–Crippen LogP) is 4.25. The minimum atomic E-state index is -0.541. The number of carbonyl (C=O) groups excluding carboxylic acids is 1. The number of hydrogen-bond acceptors (Lipinski definition) is 6. The van der Waals surface area contributed by atoms with Crippen molar-refractivity contribution >= 4 is 23.1 Å². The maximum atomic E-state index is 12.2. The SMILES string of the molecule is CCOC(=O)c1nc2ccc(C)cn2c1N=Nc1ccc(O)cc1C.